The van der Waals surface area contributed by atoms with Gasteiger partial charge in [-0.25, -0.2) is 4.79 Å². The highest BCUT2D eigenvalue weighted by Crippen LogP contribution is 2.20. The highest BCUT2D eigenvalue weighted by Gasteiger charge is 2.35. The molecule has 0 aromatic carbocycles. The van der Waals surface area contributed by atoms with Gasteiger partial charge in [-0.05, 0) is 44.4 Å². The Morgan fingerprint density at radius 2 is 1.24 bits per heavy atom. The van der Waals surface area contributed by atoms with Gasteiger partial charge < -0.3 is 58.3 Å². The number of nitrogens with two attached hydrogens (primary N) is 2. The minimum Gasteiger partial charge on any atom is -0.481 e. The molecular formula is C42H75N9O11. The van der Waals surface area contributed by atoms with Crippen LogP contribution in [0.3, 0.4) is 0 Å². The van der Waals surface area contributed by atoms with Crippen LogP contribution in [-0.2, 0) is 38.4 Å². The third-order valence-corrected chi connectivity index (χ3v) is 10.5. The van der Waals surface area contributed by atoms with Crippen molar-refractivity contribution >= 4 is 53.3 Å². The summed E-state index contributed by atoms with van der Waals surface area (Å²) in [7, 11) is 0. The molecule has 62 heavy (non-hydrogen) atoms. The lowest BCUT2D eigenvalue weighted by molar-refractivity contribution is -0.142. The van der Waals surface area contributed by atoms with Crippen molar-refractivity contribution in [3.63, 3.8) is 0 Å². The largest absolute Gasteiger partial charge is 0.481 e. The van der Waals surface area contributed by atoms with Crippen LogP contribution in [0.25, 0.3) is 0 Å². The lowest BCUT2D eigenvalue weighted by Crippen LogP contribution is -2.59. The summed E-state index contributed by atoms with van der Waals surface area (Å²) in [5.74, 6) is -7.84. The topological polar surface area (TPSA) is 325 Å². The number of carboxylic acid groups (broad SMARTS) is 2. The second kappa shape index (κ2) is 31.8. The number of aliphatic hydroxyl groups is 1. The van der Waals surface area contributed by atoms with E-state index in [0.717, 1.165) is 25.7 Å². The molecule has 6 amide bonds. The molecule has 0 aromatic rings. The SMILES string of the molecule is CCCCCCCCCCCCCCCC(=O)N1CCC[C@H]1C(=O)NCC(=O)N[C@@H](CC(=O)O)C(=O)NC(CC(C)C)C(=O)N[C@@H](CO)C(=O)NC(CCCN=C(N)N)C(=O)O. The number of nitrogens with zero attached hydrogens (tertiary/aromatic N) is 2. The Labute approximate surface area is 365 Å². The number of carbonyl (C=O) groups is 8. The van der Waals surface area contributed by atoms with Gasteiger partial charge in [0.05, 0.1) is 19.6 Å². The molecule has 0 radical (unpaired) electrons. The second-order valence-electron chi connectivity index (χ2n) is 16.5. The minimum atomic E-state index is -1.68. The summed E-state index contributed by atoms with van der Waals surface area (Å²) in [6.07, 6.45) is 16.0. The van der Waals surface area contributed by atoms with E-state index in [1.807, 2.05) is 0 Å². The zero-order valence-electron chi connectivity index (χ0n) is 37.1. The van der Waals surface area contributed by atoms with E-state index < -0.39 is 91.3 Å². The van der Waals surface area contributed by atoms with Gasteiger partial charge in [-0.3, -0.25) is 38.6 Å². The van der Waals surface area contributed by atoms with E-state index in [2.05, 4.69) is 38.5 Å². The van der Waals surface area contributed by atoms with E-state index in [9.17, 15) is 53.7 Å². The quantitative estimate of drug-likeness (QED) is 0.0247. The van der Waals surface area contributed by atoms with Crippen molar-refractivity contribution in [2.45, 2.75) is 179 Å². The molecule has 1 fully saturated rings. The number of carboxylic acids is 2. The predicted octanol–water partition coefficient (Wildman–Crippen LogP) is 1.17. The summed E-state index contributed by atoms with van der Waals surface area (Å²) in [5, 5.41) is 40.7. The van der Waals surface area contributed by atoms with Crippen LogP contribution in [0.2, 0.25) is 0 Å². The van der Waals surface area contributed by atoms with Crippen molar-refractivity contribution < 1.29 is 53.7 Å². The molecule has 0 aromatic heterocycles. The molecule has 12 N–H and O–H groups in total. The maximum atomic E-state index is 13.4. The van der Waals surface area contributed by atoms with Crippen molar-refractivity contribution in [3.05, 3.63) is 0 Å². The monoisotopic (exact) mass is 882 g/mol. The van der Waals surface area contributed by atoms with Gasteiger partial charge in [0.25, 0.3) is 0 Å². The minimum absolute atomic E-state index is 0.0142. The Morgan fingerprint density at radius 1 is 0.710 bits per heavy atom. The number of amides is 6. The van der Waals surface area contributed by atoms with Crippen molar-refractivity contribution in [1.29, 1.82) is 0 Å². The molecule has 1 rings (SSSR count). The average molecular weight is 882 g/mol. The van der Waals surface area contributed by atoms with Crippen molar-refractivity contribution in [3.8, 4) is 0 Å². The molecule has 1 heterocycles. The molecule has 1 aliphatic rings. The van der Waals surface area contributed by atoms with Gasteiger partial charge >= 0.3 is 11.9 Å². The lowest BCUT2D eigenvalue weighted by atomic mass is 10.0. The number of hydrogen-bond donors (Lipinski definition) is 10. The van der Waals surface area contributed by atoms with Crippen LogP contribution in [0, 0.1) is 5.92 Å². The van der Waals surface area contributed by atoms with E-state index in [-0.39, 0.29) is 43.6 Å². The van der Waals surface area contributed by atoms with Crippen LogP contribution in [0.5, 0.6) is 0 Å². The van der Waals surface area contributed by atoms with Gasteiger partial charge in [0.15, 0.2) is 5.96 Å². The number of guanidine groups is 1. The Morgan fingerprint density at radius 3 is 1.77 bits per heavy atom. The number of aliphatic carboxylic acids is 2. The summed E-state index contributed by atoms with van der Waals surface area (Å²) in [6.45, 7) is 4.63. The van der Waals surface area contributed by atoms with E-state index >= 15 is 0 Å². The van der Waals surface area contributed by atoms with Crippen LogP contribution < -0.4 is 38.1 Å². The third kappa shape index (κ3) is 23.8. The molecule has 2 unspecified atom stereocenters. The molecule has 0 spiro atoms. The Bertz CT molecular complexity index is 1460. The summed E-state index contributed by atoms with van der Waals surface area (Å²) >= 11 is 0. The van der Waals surface area contributed by atoms with Gasteiger partial charge in [-0.15, -0.1) is 0 Å². The number of unbranched alkanes of at least 4 members (excludes halogenated alkanes) is 12. The predicted molar refractivity (Wildman–Crippen MR) is 232 cm³/mol. The molecule has 0 saturated carbocycles. The highest BCUT2D eigenvalue weighted by molar-refractivity contribution is 5.97. The van der Waals surface area contributed by atoms with Gasteiger partial charge in [0.1, 0.15) is 30.2 Å². The normalized spacial score (nSPS) is 15.4. The van der Waals surface area contributed by atoms with E-state index in [0.29, 0.717) is 25.8 Å². The first-order valence-corrected chi connectivity index (χ1v) is 22.4. The molecule has 1 saturated heterocycles. The molecule has 5 atom stereocenters. The number of likely N-dealkylation sites (tertiary alicyclic amines) is 1. The number of aliphatic hydroxyl groups excluding tert-OH is 1. The molecular weight excluding hydrogens is 807 g/mol. The number of nitrogens with one attached hydrogen (secondary N) is 5. The molecule has 1 aliphatic heterocycles. The molecule has 20 nitrogen and oxygen atoms in total. The van der Waals surface area contributed by atoms with Crippen LogP contribution in [0.15, 0.2) is 4.99 Å². The third-order valence-electron chi connectivity index (χ3n) is 10.5. The first-order chi connectivity index (χ1) is 29.5. The van der Waals surface area contributed by atoms with Gasteiger partial charge in [0.2, 0.25) is 35.4 Å². The summed E-state index contributed by atoms with van der Waals surface area (Å²) in [6, 6.07) is -6.86. The first-order valence-electron chi connectivity index (χ1n) is 22.4. The summed E-state index contributed by atoms with van der Waals surface area (Å²) in [5.41, 5.74) is 10.5. The van der Waals surface area contributed by atoms with Gasteiger partial charge in [0, 0.05) is 19.5 Å². The maximum absolute atomic E-state index is 13.4. The van der Waals surface area contributed by atoms with Crippen LogP contribution >= 0.6 is 0 Å². The smallest absolute Gasteiger partial charge is 0.326 e. The fourth-order valence-electron chi connectivity index (χ4n) is 7.16. The Kier molecular flexibility index (Phi) is 28.2. The number of aliphatic imine (C=N–C) groups is 1. The van der Waals surface area contributed by atoms with Gasteiger partial charge in [-0.1, -0.05) is 97.8 Å². The van der Waals surface area contributed by atoms with Crippen LogP contribution in [0.4, 0.5) is 0 Å². The van der Waals surface area contributed by atoms with Crippen molar-refractivity contribution in [1.82, 2.24) is 31.5 Å². The van der Waals surface area contributed by atoms with Gasteiger partial charge in [-0.2, -0.15) is 0 Å². The zero-order valence-corrected chi connectivity index (χ0v) is 37.1. The molecule has 20 heteroatoms. The highest BCUT2D eigenvalue weighted by atomic mass is 16.4. The molecule has 0 aliphatic carbocycles. The zero-order chi connectivity index (χ0) is 46.5. The number of hydrogen-bond acceptors (Lipinski definition) is 10. The Balaban J connectivity index is 2.71. The standard InChI is InChI=1S/C42H75N9O11/c1-4-5-6-7-8-9-10-11-12-13-14-15-16-21-35(54)51-23-18-20-33(51)40(60)46-26-34(53)47-31(25-36(55)56)38(58)49-30(24-28(2)3)37(57)50-32(27-52)39(59)48-29(41(61)62)19-17-22-45-42(43)44/h28-33,52H,4-27H2,1-3H3,(H,46,60)(H,47,53)(H,48,59)(H,49,58)(H,50,57)(H,55,56)(H,61,62)(H4,43,44,45)/t29?,30?,31-,32-,33-/m0/s1. The fourth-order valence-corrected chi connectivity index (χ4v) is 7.16. The van der Waals surface area contributed by atoms with Crippen molar-refractivity contribution in [2.24, 2.45) is 22.4 Å². The first kappa shape index (κ1) is 55.0. The van der Waals surface area contributed by atoms with E-state index in [1.165, 1.54) is 62.7 Å². The second-order valence-corrected chi connectivity index (χ2v) is 16.5. The number of carbonyl (C=O) groups excluding carboxylic acids is 6. The van der Waals surface area contributed by atoms with Crippen LogP contribution in [-0.4, -0.2) is 130 Å². The molecule has 354 valence electrons. The maximum Gasteiger partial charge on any atom is 0.326 e. The number of rotatable bonds is 34. The van der Waals surface area contributed by atoms with E-state index in [4.69, 9.17) is 11.5 Å². The van der Waals surface area contributed by atoms with E-state index in [1.54, 1.807) is 13.8 Å². The lowest BCUT2D eigenvalue weighted by Gasteiger charge is -2.26. The van der Waals surface area contributed by atoms with Crippen molar-refractivity contribution in [2.75, 3.05) is 26.2 Å². The fraction of sp³-hybridized carbons (Fsp3) is 0.786. The summed E-state index contributed by atoms with van der Waals surface area (Å²) < 4.78 is 0. The van der Waals surface area contributed by atoms with Crippen LogP contribution in [0.1, 0.15) is 149 Å². The average Bonchev–Trinajstić information content (AvgIpc) is 3.71. The molecule has 0 bridgehead atoms. The Hall–Kier alpha value is -5.01. The summed E-state index contributed by atoms with van der Waals surface area (Å²) in [4.78, 5) is 107.